The first-order chi connectivity index (χ1) is 13.0. The number of nitrogens with one attached hydrogen (secondary N) is 1. The molecule has 0 spiro atoms. The number of rotatable bonds is 5. The lowest BCUT2D eigenvalue weighted by Crippen LogP contribution is -2.32. The third-order valence-corrected chi connectivity index (χ3v) is 6.65. The molecule has 2 amide bonds. The number of nitrogens with zero attached hydrogens (tertiary/aromatic N) is 3. The molecule has 3 N–H and O–H groups in total. The Balaban J connectivity index is 1.45. The van der Waals surface area contributed by atoms with E-state index in [-0.39, 0.29) is 11.2 Å². The first kappa shape index (κ1) is 18.3. The van der Waals surface area contributed by atoms with Crippen LogP contribution in [0.25, 0.3) is 0 Å². The van der Waals surface area contributed by atoms with Crippen LogP contribution in [0.2, 0.25) is 0 Å². The molecular weight excluding hydrogens is 362 g/mol. The Morgan fingerprint density at radius 2 is 2.00 bits per heavy atom. The van der Waals surface area contributed by atoms with E-state index in [1.165, 1.54) is 23.8 Å². The molecule has 1 aliphatic heterocycles. The van der Waals surface area contributed by atoms with E-state index >= 15 is 0 Å². The molecule has 2 heterocycles. The van der Waals surface area contributed by atoms with Gasteiger partial charge in [0.05, 0.1) is 10.8 Å². The van der Waals surface area contributed by atoms with Crippen molar-refractivity contribution in [2.45, 2.75) is 75.2 Å². The topological polar surface area (TPSA) is 103 Å². The minimum absolute atomic E-state index is 0.124. The highest BCUT2D eigenvalue weighted by Gasteiger charge is 2.32. The van der Waals surface area contributed by atoms with Gasteiger partial charge >= 0.3 is 0 Å². The van der Waals surface area contributed by atoms with Crippen LogP contribution in [0.4, 0.5) is 0 Å². The second-order valence-electron chi connectivity index (χ2n) is 7.44. The number of thioether (sulfide) groups is 1. The van der Waals surface area contributed by atoms with Gasteiger partial charge in [-0.25, -0.2) is 0 Å². The Bertz CT molecular complexity index is 854. The summed E-state index contributed by atoms with van der Waals surface area (Å²) in [7, 11) is 0. The number of fused-ring (bicyclic) bond motifs is 1. The number of hydrogen-bond donors (Lipinski definition) is 2. The van der Waals surface area contributed by atoms with Crippen molar-refractivity contribution in [3.05, 3.63) is 28.2 Å². The van der Waals surface area contributed by atoms with Crippen molar-refractivity contribution in [1.82, 2.24) is 20.1 Å². The highest BCUT2D eigenvalue weighted by Crippen LogP contribution is 2.41. The van der Waals surface area contributed by atoms with Crippen LogP contribution in [-0.2, 0) is 22.6 Å². The van der Waals surface area contributed by atoms with E-state index in [9.17, 15) is 9.59 Å². The summed E-state index contributed by atoms with van der Waals surface area (Å²) in [6.07, 6.45) is 7.96. The summed E-state index contributed by atoms with van der Waals surface area (Å²) in [6, 6.07) is 0. The molecule has 1 aromatic rings. The van der Waals surface area contributed by atoms with Crippen molar-refractivity contribution in [2.24, 2.45) is 5.73 Å². The van der Waals surface area contributed by atoms with Gasteiger partial charge in [0.1, 0.15) is 5.82 Å². The summed E-state index contributed by atoms with van der Waals surface area (Å²) in [6.45, 7) is 2.77. The fourth-order valence-corrected chi connectivity index (χ4v) is 5.09. The average molecular weight is 388 g/mol. The molecule has 3 aliphatic rings. The van der Waals surface area contributed by atoms with E-state index in [4.69, 9.17) is 5.73 Å². The van der Waals surface area contributed by atoms with Gasteiger partial charge < -0.3 is 15.6 Å². The van der Waals surface area contributed by atoms with Gasteiger partial charge in [-0.1, -0.05) is 23.8 Å². The van der Waals surface area contributed by atoms with E-state index in [2.05, 4.69) is 20.1 Å². The van der Waals surface area contributed by atoms with Crippen molar-refractivity contribution in [3.63, 3.8) is 0 Å². The van der Waals surface area contributed by atoms with E-state index in [0.717, 1.165) is 61.6 Å². The number of aryl methyl sites for hydroxylation is 1. The van der Waals surface area contributed by atoms with Gasteiger partial charge in [0.2, 0.25) is 5.91 Å². The maximum atomic E-state index is 12.8. The van der Waals surface area contributed by atoms with Gasteiger partial charge in [-0.05, 0) is 44.6 Å². The van der Waals surface area contributed by atoms with Crippen LogP contribution < -0.4 is 11.1 Å². The Morgan fingerprint density at radius 1 is 1.15 bits per heavy atom. The maximum absolute atomic E-state index is 12.8. The standard InChI is InChI=1S/C19H25N5O2S/c1-11(27-19-23-22-15-8-3-2-4-9-24(15)19)18(26)21-14-10-12-6-5-7-13(12)16(14)17(20)25/h11H,2-10H2,1H3,(H2,20,25)(H,21,26). The summed E-state index contributed by atoms with van der Waals surface area (Å²) in [5, 5.41) is 12.0. The van der Waals surface area contributed by atoms with Gasteiger partial charge in [0.15, 0.2) is 5.16 Å². The molecule has 2 aliphatic carbocycles. The van der Waals surface area contributed by atoms with Crippen LogP contribution in [0.1, 0.15) is 57.7 Å². The zero-order valence-corrected chi connectivity index (χ0v) is 16.4. The minimum Gasteiger partial charge on any atom is -0.366 e. The number of amides is 2. The molecule has 144 valence electrons. The maximum Gasteiger partial charge on any atom is 0.250 e. The van der Waals surface area contributed by atoms with Gasteiger partial charge in [-0.3, -0.25) is 9.59 Å². The van der Waals surface area contributed by atoms with Crippen LogP contribution >= 0.6 is 11.8 Å². The van der Waals surface area contributed by atoms with Gasteiger partial charge in [-0.15, -0.1) is 10.2 Å². The predicted octanol–water partition coefficient (Wildman–Crippen LogP) is 2.22. The van der Waals surface area contributed by atoms with Crippen LogP contribution in [0.15, 0.2) is 27.6 Å². The first-order valence-corrected chi connectivity index (χ1v) is 10.6. The summed E-state index contributed by atoms with van der Waals surface area (Å²) in [4.78, 5) is 24.7. The Kier molecular flexibility index (Phi) is 5.08. The van der Waals surface area contributed by atoms with Gasteiger partial charge in [0, 0.05) is 25.1 Å². The lowest BCUT2D eigenvalue weighted by molar-refractivity contribution is -0.119. The molecule has 0 bridgehead atoms. The summed E-state index contributed by atoms with van der Waals surface area (Å²) in [5.74, 6) is 0.443. The highest BCUT2D eigenvalue weighted by atomic mass is 32.2. The number of primary amides is 1. The molecule has 4 rings (SSSR count). The molecule has 0 fully saturated rings. The molecule has 0 saturated carbocycles. The first-order valence-electron chi connectivity index (χ1n) is 9.68. The molecule has 0 radical (unpaired) electrons. The fourth-order valence-electron chi connectivity index (χ4n) is 4.20. The van der Waals surface area contributed by atoms with Crippen LogP contribution in [0, 0.1) is 0 Å². The van der Waals surface area contributed by atoms with E-state index < -0.39 is 5.91 Å². The Hall–Kier alpha value is -2.09. The monoisotopic (exact) mass is 387 g/mol. The average Bonchev–Trinajstić information content (AvgIpc) is 3.25. The number of aromatic nitrogens is 3. The lowest BCUT2D eigenvalue weighted by atomic mass is 10.1. The third-order valence-electron chi connectivity index (χ3n) is 5.57. The zero-order valence-electron chi connectivity index (χ0n) is 15.6. The SMILES string of the molecule is CC(Sc1nnc2n1CCCCC2)C(=O)NC1=C(C(N)=O)C2=C(CCC2)C1. The molecule has 8 heteroatoms. The minimum atomic E-state index is -0.444. The molecule has 1 unspecified atom stereocenters. The van der Waals surface area contributed by atoms with Crippen molar-refractivity contribution in [2.75, 3.05) is 0 Å². The summed E-state index contributed by atoms with van der Waals surface area (Å²) in [5.41, 5.74) is 9.10. The highest BCUT2D eigenvalue weighted by molar-refractivity contribution is 8.00. The number of carbonyl (C=O) groups excluding carboxylic acids is 2. The van der Waals surface area contributed by atoms with Crippen LogP contribution in [0.3, 0.4) is 0 Å². The lowest BCUT2D eigenvalue weighted by Gasteiger charge is -2.15. The normalized spacial score (nSPS) is 20.3. The second kappa shape index (κ2) is 7.50. The van der Waals surface area contributed by atoms with Crippen molar-refractivity contribution < 1.29 is 9.59 Å². The van der Waals surface area contributed by atoms with Crippen LogP contribution in [-0.4, -0.2) is 31.8 Å². The number of allylic oxidation sites excluding steroid dienone is 1. The smallest absolute Gasteiger partial charge is 0.250 e. The molecular formula is C19H25N5O2S. The quantitative estimate of drug-likeness (QED) is 0.754. The van der Waals surface area contributed by atoms with Crippen molar-refractivity contribution in [3.8, 4) is 0 Å². The largest absolute Gasteiger partial charge is 0.366 e. The summed E-state index contributed by atoms with van der Waals surface area (Å²) >= 11 is 1.42. The number of hydrogen-bond acceptors (Lipinski definition) is 5. The second-order valence-corrected chi connectivity index (χ2v) is 8.75. The predicted molar refractivity (Wildman–Crippen MR) is 103 cm³/mol. The van der Waals surface area contributed by atoms with E-state index in [0.29, 0.717) is 17.7 Å². The van der Waals surface area contributed by atoms with Gasteiger partial charge in [-0.2, -0.15) is 0 Å². The molecule has 27 heavy (non-hydrogen) atoms. The zero-order chi connectivity index (χ0) is 19.0. The number of carbonyl (C=O) groups is 2. The molecule has 1 atom stereocenters. The van der Waals surface area contributed by atoms with Gasteiger partial charge in [0.25, 0.3) is 5.91 Å². The Labute approximate surface area is 162 Å². The summed E-state index contributed by atoms with van der Waals surface area (Å²) < 4.78 is 2.14. The van der Waals surface area contributed by atoms with Crippen molar-refractivity contribution >= 4 is 23.6 Å². The Morgan fingerprint density at radius 3 is 2.81 bits per heavy atom. The van der Waals surface area contributed by atoms with Crippen molar-refractivity contribution in [1.29, 1.82) is 0 Å². The van der Waals surface area contributed by atoms with Crippen LogP contribution in [0.5, 0.6) is 0 Å². The fraction of sp³-hybridized carbons (Fsp3) is 0.579. The molecule has 0 aromatic carbocycles. The molecule has 7 nitrogen and oxygen atoms in total. The molecule has 0 saturated heterocycles. The van der Waals surface area contributed by atoms with E-state index in [1.807, 2.05) is 6.92 Å². The molecule has 1 aromatic heterocycles. The van der Waals surface area contributed by atoms with E-state index in [1.54, 1.807) is 0 Å². The number of nitrogens with two attached hydrogens (primary N) is 1. The third kappa shape index (κ3) is 3.54.